The minimum atomic E-state index is -0.164. The lowest BCUT2D eigenvalue weighted by Crippen LogP contribution is -2.41. The molecule has 1 rings (SSSR count). The van der Waals surface area contributed by atoms with Crippen LogP contribution in [0.4, 0.5) is 0 Å². The van der Waals surface area contributed by atoms with Gasteiger partial charge in [-0.1, -0.05) is 26.0 Å². The SMILES string of the molecule is CCC(CC)(CNC(=O)COc1ccccc1C#N)SC. The molecule has 0 saturated carbocycles. The van der Waals surface area contributed by atoms with Gasteiger partial charge in [-0.05, 0) is 31.2 Å². The number of nitriles is 1. The topological polar surface area (TPSA) is 62.1 Å². The van der Waals surface area contributed by atoms with Gasteiger partial charge in [-0.25, -0.2) is 0 Å². The van der Waals surface area contributed by atoms with Crippen LogP contribution < -0.4 is 10.1 Å². The first-order valence-electron chi connectivity index (χ1n) is 7.04. The first kappa shape index (κ1) is 17.4. The smallest absolute Gasteiger partial charge is 0.257 e. The molecule has 0 radical (unpaired) electrons. The second-order valence-electron chi connectivity index (χ2n) is 4.77. The number of nitrogens with one attached hydrogen (secondary N) is 1. The molecular formula is C16H22N2O2S. The Morgan fingerprint density at radius 3 is 2.62 bits per heavy atom. The number of hydrogen-bond donors (Lipinski definition) is 1. The van der Waals surface area contributed by atoms with Gasteiger partial charge in [0, 0.05) is 11.3 Å². The van der Waals surface area contributed by atoms with Crippen LogP contribution in [0.15, 0.2) is 24.3 Å². The summed E-state index contributed by atoms with van der Waals surface area (Å²) in [6.45, 7) is 4.82. The van der Waals surface area contributed by atoms with Crippen molar-refractivity contribution in [1.29, 1.82) is 5.26 Å². The van der Waals surface area contributed by atoms with E-state index in [-0.39, 0.29) is 17.3 Å². The second-order valence-corrected chi connectivity index (χ2v) is 6.04. The van der Waals surface area contributed by atoms with E-state index in [9.17, 15) is 4.79 Å². The molecule has 1 amide bonds. The van der Waals surface area contributed by atoms with Crippen molar-refractivity contribution < 1.29 is 9.53 Å². The average Bonchev–Trinajstić information content (AvgIpc) is 2.55. The normalized spacial score (nSPS) is 10.8. The first-order valence-corrected chi connectivity index (χ1v) is 8.27. The van der Waals surface area contributed by atoms with Crippen LogP contribution in [-0.4, -0.2) is 30.1 Å². The van der Waals surface area contributed by atoms with E-state index in [1.165, 1.54) is 0 Å². The predicted octanol–water partition coefficient (Wildman–Crippen LogP) is 2.98. The number of nitrogens with zero attached hydrogens (tertiary/aromatic N) is 1. The summed E-state index contributed by atoms with van der Waals surface area (Å²) in [6.07, 6.45) is 4.07. The number of thioether (sulfide) groups is 1. The fourth-order valence-corrected chi connectivity index (χ4v) is 2.79. The van der Waals surface area contributed by atoms with Crippen molar-refractivity contribution in [2.24, 2.45) is 0 Å². The molecule has 4 nitrogen and oxygen atoms in total. The molecule has 0 spiro atoms. The Morgan fingerprint density at radius 1 is 1.38 bits per heavy atom. The third kappa shape index (κ3) is 4.98. The van der Waals surface area contributed by atoms with Gasteiger partial charge >= 0.3 is 0 Å². The molecule has 0 atom stereocenters. The van der Waals surface area contributed by atoms with Crippen LogP contribution in [0.5, 0.6) is 5.75 Å². The van der Waals surface area contributed by atoms with E-state index >= 15 is 0 Å². The van der Waals surface area contributed by atoms with Crippen molar-refractivity contribution in [1.82, 2.24) is 5.32 Å². The van der Waals surface area contributed by atoms with Crippen molar-refractivity contribution in [3.05, 3.63) is 29.8 Å². The molecular weight excluding hydrogens is 284 g/mol. The van der Waals surface area contributed by atoms with E-state index in [4.69, 9.17) is 10.00 Å². The average molecular weight is 306 g/mol. The van der Waals surface area contributed by atoms with Gasteiger partial charge in [-0.3, -0.25) is 4.79 Å². The van der Waals surface area contributed by atoms with Gasteiger partial charge in [0.15, 0.2) is 6.61 Å². The zero-order valence-electron chi connectivity index (χ0n) is 12.8. The highest BCUT2D eigenvalue weighted by atomic mass is 32.2. The Kier molecular flexibility index (Phi) is 7.10. The fraction of sp³-hybridized carbons (Fsp3) is 0.500. The summed E-state index contributed by atoms with van der Waals surface area (Å²) in [4.78, 5) is 11.9. The number of carbonyl (C=O) groups excluding carboxylic acids is 1. The number of rotatable bonds is 8. The number of para-hydroxylation sites is 1. The molecule has 0 aromatic heterocycles. The molecule has 0 aliphatic heterocycles. The summed E-state index contributed by atoms with van der Waals surface area (Å²) in [7, 11) is 0. The Morgan fingerprint density at radius 2 is 2.05 bits per heavy atom. The molecule has 114 valence electrons. The van der Waals surface area contributed by atoms with Gasteiger partial charge in [0.1, 0.15) is 11.8 Å². The van der Waals surface area contributed by atoms with Gasteiger partial charge in [0.05, 0.1) is 5.56 Å². The Balaban J connectivity index is 2.50. The summed E-state index contributed by atoms with van der Waals surface area (Å²) in [5, 5.41) is 11.9. The van der Waals surface area contributed by atoms with Crippen LogP contribution in [0.1, 0.15) is 32.3 Å². The van der Waals surface area contributed by atoms with Crippen LogP contribution in [0.3, 0.4) is 0 Å². The summed E-state index contributed by atoms with van der Waals surface area (Å²) >= 11 is 1.78. The summed E-state index contributed by atoms with van der Waals surface area (Å²) < 4.78 is 5.50. The number of amides is 1. The lowest BCUT2D eigenvalue weighted by Gasteiger charge is -2.29. The Hall–Kier alpha value is -1.67. The van der Waals surface area contributed by atoms with E-state index in [0.717, 1.165) is 12.8 Å². The molecule has 5 heteroatoms. The van der Waals surface area contributed by atoms with Gasteiger partial charge in [-0.15, -0.1) is 0 Å². The molecule has 0 fully saturated rings. The number of ether oxygens (including phenoxy) is 1. The van der Waals surface area contributed by atoms with Crippen LogP contribution in [0.2, 0.25) is 0 Å². The lowest BCUT2D eigenvalue weighted by atomic mass is 10.0. The zero-order chi connectivity index (χ0) is 15.7. The summed E-state index contributed by atoms with van der Waals surface area (Å²) in [5.41, 5.74) is 0.436. The predicted molar refractivity (Wildman–Crippen MR) is 86.5 cm³/mol. The fourth-order valence-electron chi connectivity index (χ4n) is 2.00. The highest BCUT2D eigenvalue weighted by Gasteiger charge is 2.25. The molecule has 0 saturated heterocycles. The van der Waals surface area contributed by atoms with Crippen LogP contribution in [-0.2, 0) is 4.79 Å². The first-order chi connectivity index (χ1) is 10.1. The minimum absolute atomic E-state index is 0.0728. The van der Waals surface area contributed by atoms with E-state index in [1.54, 1.807) is 36.0 Å². The molecule has 1 aromatic rings. The molecule has 21 heavy (non-hydrogen) atoms. The maximum absolute atomic E-state index is 11.9. The van der Waals surface area contributed by atoms with Crippen molar-refractivity contribution in [3.8, 4) is 11.8 Å². The molecule has 0 bridgehead atoms. The van der Waals surface area contributed by atoms with Crippen LogP contribution in [0.25, 0.3) is 0 Å². The van der Waals surface area contributed by atoms with Crippen LogP contribution >= 0.6 is 11.8 Å². The van der Waals surface area contributed by atoms with E-state index in [0.29, 0.717) is 17.9 Å². The molecule has 0 heterocycles. The molecule has 0 aliphatic rings. The highest BCUT2D eigenvalue weighted by molar-refractivity contribution is 8.00. The van der Waals surface area contributed by atoms with Gasteiger partial charge in [-0.2, -0.15) is 17.0 Å². The Labute approximate surface area is 130 Å². The molecule has 1 N–H and O–H groups in total. The van der Waals surface area contributed by atoms with Gasteiger partial charge in [0.2, 0.25) is 0 Å². The van der Waals surface area contributed by atoms with Gasteiger partial charge in [0.25, 0.3) is 5.91 Å². The Bertz CT molecular complexity index is 499. The van der Waals surface area contributed by atoms with Crippen molar-refractivity contribution in [2.75, 3.05) is 19.4 Å². The van der Waals surface area contributed by atoms with Crippen molar-refractivity contribution >= 4 is 17.7 Å². The minimum Gasteiger partial charge on any atom is -0.482 e. The van der Waals surface area contributed by atoms with Crippen LogP contribution in [0, 0.1) is 11.3 Å². The van der Waals surface area contributed by atoms with Crippen molar-refractivity contribution in [3.63, 3.8) is 0 Å². The monoisotopic (exact) mass is 306 g/mol. The third-order valence-electron chi connectivity index (χ3n) is 3.70. The standard InChI is InChI=1S/C16H22N2O2S/c1-4-16(5-2,21-3)12-18-15(19)11-20-14-9-7-6-8-13(14)10-17/h6-9H,4-5,11-12H2,1-3H3,(H,18,19). The number of hydrogen-bond acceptors (Lipinski definition) is 4. The second kappa shape index (κ2) is 8.58. The number of carbonyl (C=O) groups is 1. The quantitative estimate of drug-likeness (QED) is 0.802. The zero-order valence-corrected chi connectivity index (χ0v) is 13.6. The summed E-state index contributed by atoms with van der Waals surface area (Å²) in [6, 6.07) is 8.94. The van der Waals surface area contributed by atoms with E-state index in [1.807, 2.05) is 6.07 Å². The molecule has 0 unspecified atom stereocenters. The summed E-state index contributed by atoms with van der Waals surface area (Å²) in [5.74, 6) is 0.278. The maximum atomic E-state index is 11.9. The maximum Gasteiger partial charge on any atom is 0.257 e. The van der Waals surface area contributed by atoms with Crippen molar-refractivity contribution in [2.45, 2.75) is 31.4 Å². The number of benzene rings is 1. The van der Waals surface area contributed by atoms with E-state index < -0.39 is 0 Å². The lowest BCUT2D eigenvalue weighted by molar-refractivity contribution is -0.123. The largest absolute Gasteiger partial charge is 0.482 e. The van der Waals surface area contributed by atoms with Gasteiger partial charge < -0.3 is 10.1 Å². The third-order valence-corrected chi connectivity index (χ3v) is 5.28. The molecule has 1 aromatic carbocycles. The van der Waals surface area contributed by atoms with E-state index in [2.05, 4.69) is 25.4 Å². The highest BCUT2D eigenvalue weighted by Crippen LogP contribution is 2.29. The molecule has 0 aliphatic carbocycles.